The Morgan fingerprint density at radius 3 is 2.68 bits per heavy atom. The highest BCUT2D eigenvalue weighted by Crippen LogP contribution is 2.27. The summed E-state index contributed by atoms with van der Waals surface area (Å²) < 4.78 is 14.6. The number of nitrogens with zero attached hydrogens (tertiary/aromatic N) is 3. The lowest BCUT2D eigenvalue weighted by atomic mass is 10.1. The molecule has 0 atom stereocenters. The molecule has 8 nitrogen and oxygen atoms in total. The van der Waals surface area contributed by atoms with E-state index in [1.54, 1.807) is 24.4 Å². The van der Waals surface area contributed by atoms with Crippen LogP contribution in [0, 0.1) is 10.5 Å². The van der Waals surface area contributed by atoms with Crippen LogP contribution in [0.3, 0.4) is 0 Å². The van der Waals surface area contributed by atoms with Gasteiger partial charge in [-0.15, -0.1) is 0 Å². The fourth-order valence-corrected chi connectivity index (χ4v) is 3.78. The van der Waals surface area contributed by atoms with E-state index in [1.165, 1.54) is 18.2 Å². The van der Waals surface area contributed by atoms with Crippen LogP contribution < -0.4 is 16.0 Å². The largest absolute Gasteiger partial charge is 0.353 e. The van der Waals surface area contributed by atoms with Crippen LogP contribution in [-0.2, 0) is 4.79 Å². The van der Waals surface area contributed by atoms with Gasteiger partial charge in [-0.2, -0.15) is 5.10 Å². The van der Waals surface area contributed by atoms with Crippen LogP contribution in [0.15, 0.2) is 42.6 Å². The lowest BCUT2D eigenvalue weighted by Gasteiger charge is -2.21. The molecule has 1 aromatic carbocycles. The van der Waals surface area contributed by atoms with Crippen LogP contribution in [0.1, 0.15) is 33.6 Å². The van der Waals surface area contributed by atoms with Crippen LogP contribution in [-0.4, -0.2) is 59.2 Å². The molecule has 11 heteroatoms. The quantitative estimate of drug-likeness (QED) is 0.206. The summed E-state index contributed by atoms with van der Waals surface area (Å²) in [5.41, 5.74) is 1.77. The van der Waals surface area contributed by atoms with Gasteiger partial charge in [0.2, 0.25) is 5.91 Å². The second kappa shape index (κ2) is 16.0. The number of halogens is 2. The molecule has 0 aliphatic rings. The van der Waals surface area contributed by atoms with Gasteiger partial charge in [0, 0.05) is 54.6 Å². The van der Waals surface area contributed by atoms with Gasteiger partial charge in [-0.1, -0.05) is 44.6 Å². The van der Waals surface area contributed by atoms with Gasteiger partial charge in [-0.3, -0.25) is 9.89 Å². The smallest absolute Gasteiger partial charge is 0.226 e. The van der Waals surface area contributed by atoms with E-state index in [-0.39, 0.29) is 11.5 Å². The Bertz CT molecular complexity index is 1210. The number of carbonyl (C=O) groups is 1. The summed E-state index contributed by atoms with van der Waals surface area (Å²) in [6.07, 6.45) is 2.98. The number of aromatic nitrogens is 3. The molecule has 37 heavy (non-hydrogen) atoms. The summed E-state index contributed by atoms with van der Waals surface area (Å²) >= 11 is 11.4. The van der Waals surface area contributed by atoms with E-state index in [0.29, 0.717) is 45.5 Å². The average Bonchev–Trinajstić information content (AvgIpc) is 2.90. The van der Waals surface area contributed by atoms with Gasteiger partial charge in [0.25, 0.3) is 0 Å². The molecule has 0 saturated carbocycles. The maximum atomic E-state index is 14.3. The minimum atomic E-state index is -0.448. The van der Waals surface area contributed by atoms with Gasteiger partial charge >= 0.3 is 0 Å². The molecule has 2 heterocycles. The first-order valence-electron chi connectivity index (χ1n) is 12.3. The minimum absolute atomic E-state index is 0.111. The van der Waals surface area contributed by atoms with E-state index >= 15 is 0 Å². The van der Waals surface area contributed by atoms with E-state index in [4.69, 9.17) is 23.8 Å². The molecular weight excluding hydrogens is 513 g/mol. The Labute approximate surface area is 228 Å². The van der Waals surface area contributed by atoms with Gasteiger partial charge in [0.15, 0.2) is 0 Å². The lowest BCUT2D eigenvalue weighted by Crippen LogP contribution is -2.34. The monoisotopic (exact) mass is 547 g/mol. The zero-order valence-corrected chi connectivity index (χ0v) is 23.3. The number of rotatable bonds is 12. The Hall–Kier alpha value is -2.92. The highest BCUT2D eigenvalue weighted by Gasteiger charge is 2.11. The molecule has 1 amide bonds. The maximum absolute atomic E-state index is 14.3. The van der Waals surface area contributed by atoms with Gasteiger partial charge in [-0.05, 0) is 50.3 Å². The Morgan fingerprint density at radius 1 is 1.16 bits per heavy atom. The first-order chi connectivity index (χ1) is 17.9. The first-order valence-corrected chi connectivity index (χ1v) is 13.1. The molecule has 200 valence electrons. The predicted octanol–water partition coefficient (Wildman–Crippen LogP) is 6.02. The topological polar surface area (TPSA) is 98.0 Å². The molecule has 0 aliphatic carbocycles. The number of anilines is 3. The van der Waals surface area contributed by atoms with E-state index in [1.807, 2.05) is 20.9 Å². The molecule has 0 fully saturated rings. The standard InChI is InChI=1S/C24H29ClFN7OS.C2H6/c1-3-10-33(12-9-27-2)11-7-23(34)30-22-14-17(6-8-28-22)29-21-15-20(31-32-24(21)35)18-13-16(25)4-5-19(18)26;1-2/h4-6,8,13-15,27H,3,7,9-12H2,1-2H3,(H,32,35)(H2,28,29,30,31,34);1-2H3. The van der Waals surface area contributed by atoms with Crippen molar-refractivity contribution in [2.24, 2.45) is 0 Å². The van der Waals surface area contributed by atoms with Crippen LogP contribution in [0.2, 0.25) is 5.02 Å². The number of aromatic amines is 1. The second-order valence-electron chi connectivity index (χ2n) is 7.92. The van der Waals surface area contributed by atoms with Crippen molar-refractivity contribution < 1.29 is 9.18 Å². The summed E-state index contributed by atoms with van der Waals surface area (Å²) in [6, 6.07) is 9.35. The van der Waals surface area contributed by atoms with Crippen LogP contribution >= 0.6 is 23.8 Å². The van der Waals surface area contributed by atoms with Crippen molar-refractivity contribution in [3.05, 3.63) is 58.1 Å². The van der Waals surface area contributed by atoms with Crippen molar-refractivity contribution in [2.75, 3.05) is 43.9 Å². The number of benzene rings is 1. The van der Waals surface area contributed by atoms with Crippen molar-refractivity contribution >= 4 is 46.9 Å². The molecule has 0 spiro atoms. The van der Waals surface area contributed by atoms with Gasteiger partial charge in [0.05, 0.1) is 11.4 Å². The normalized spacial score (nSPS) is 10.6. The van der Waals surface area contributed by atoms with Crippen molar-refractivity contribution in [3.8, 4) is 11.3 Å². The third-order valence-corrected chi connectivity index (χ3v) is 5.73. The average molecular weight is 548 g/mol. The molecule has 0 radical (unpaired) electrons. The number of pyridine rings is 1. The van der Waals surface area contributed by atoms with Gasteiger partial charge in [0.1, 0.15) is 16.3 Å². The summed E-state index contributed by atoms with van der Waals surface area (Å²) in [4.78, 5) is 19.0. The third-order valence-electron chi connectivity index (χ3n) is 5.19. The Morgan fingerprint density at radius 2 is 1.95 bits per heavy atom. The highest BCUT2D eigenvalue weighted by atomic mass is 35.5. The van der Waals surface area contributed by atoms with E-state index < -0.39 is 5.82 Å². The summed E-state index contributed by atoms with van der Waals surface area (Å²) in [6.45, 7) is 9.51. The summed E-state index contributed by atoms with van der Waals surface area (Å²) in [7, 11) is 1.92. The number of H-pyrrole nitrogens is 1. The zero-order chi connectivity index (χ0) is 27.2. The summed E-state index contributed by atoms with van der Waals surface area (Å²) in [5.74, 6) is -0.141. The number of likely N-dealkylation sites (N-methyl/N-ethyl adjacent to an activating group) is 1. The third kappa shape index (κ3) is 9.81. The first kappa shape index (κ1) is 30.3. The van der Waals surface area contributed by atoms with Gasteiger partial charge in [-0.25, -0.2) is 9.37 Å². The van der Waals surface area contributed by atoms with Crippen molar-refractivity contribution in [1.82, 2.24) is 25.4 Å². The van der Waals surface area contributed by atoms with E-state index in [0.717, 1.165) is 26.1 Å². The fourth-order valence-electron chi connectivity index (χ4n) is 3.45. The van der Waals surface area contributed by atoms with E-state index in [2.05, 4.69) is 43.0 Å². The van der Waals surface area contributed by atoms with Crippen molar-refractivity contribution in [2.45, 2.75) is 33.6 Å². The molecule has 0 bridgehead atoms. The SMILES string of the molecule is CC.CCCN(CCNC)CCC(=O)Nc1cc(Nc2cc(-c3cc(Cl)ccc3F)n[nH]c2=S)ccn1. The molecular formula is C26H35ClFN7OS. The lowest BCUT2D eigenvalue weighted by molar-refractivity contribution is -0.116. The van der Waals surface area contributed by atoms with E-state index in [9.17, 15) is 9.18 Å². The van der Waals surface area contributed by atoms with Crippen LogP contribution in [0.25, 0.3) is 11.3 Å². The number of hydrogen-bond acceptors (Lipinski definition) is 7. The van der Waals surface area contributed by atoms with Crippen LogP contribution in [0.4, 0.5) is 21.6 Å². The van der Waals surface area contributed by atoms with Crippen LogP contribution in [0.5, 0.6) is 0 Å². The molecule has 3 rings (SSSR count). The molecule has 3 aromatic rings. The number of hydrogen-bond donors (Lipinski definition) is 4. The van der Waals surface area contributed by atoms with Crippen molar-refractivity contribution in [3.63, 3.8) is 0 Å². The minimum Gasteiger partial charge on any atom is -0.353 e. The molecule has 0 aliphatic heterocycles. The van der Waals surface area contributed by atoms with Gasteiger partial charge < -0.3 is 20.9 Å². The molecule has 0 saturated heterocycles. The number of carbonyl (C=O) groups excluding carboxylic acids is 1. The molecule has 0 unspecified atom stereocenters. The molecule has 2 aromatic heterocycles. The Kier molecular flexibility index (Phi) is 13.1. The van der Waals surface area contributed by atoms with Crippen molar-refractivity contribution in [1.29, 1.82) is 0 Å². The number of nitrogens with one attached hydrogen (secondary N) is 4. The second-order valence-corrected chi connectivity index (χ2v) is 8.76. The fraction of sp³-hybridized carbons (Fsp3) is 0.385. The maximum Gasteiger partial charge on any atom is 0.226 e. The predicted molar refractivity (Wildman–Crippen MR) is 153 cm³/mol. The Balaban J connectivity index is 0.00000235. The number of amides is 1. The molecule has 4 N–H and O–H groups in total. The summed E-state index contributed by atoms with van der Waals surface area (Å²) in [5, 5.41) is 16.4. The zero-order valence-electron chi connectivity index (χ0n) is 21.7. The highest BCUT2D eigenvalue weighted by molar-refractivity contribution is 7.71.